The summed E-state index contributed by atoms with van der Waals surface area (Å²) in [6.45, 7) is 1.60. The van der Waals surface area contributed by atoms with Crippen LogP contribution in [0.4, 0.5) is 23.2 Å². The number of halogens is 4. The van der Waals surface area contributed by atoms with Gasteiger partial charge in [0, 0.05) is 75.9 Å². The fourth-order valence-electron chi connectivity index (χ4n) is 8.53. The first-order valence-electron chi connectivity index (χ1n) is 17.0. The topological polar surface area (TPSA) is 82.6 Å². The summed E-state index contributed by atoms with van der Waals surface area (Å²) in [7, 11) is 3.11. The van der Waals surface area contributed by atoms with Crippen LogP contribution in [-0.2, 0) is 20.5 Å². The van der Waals surface area contributed by atoms with Crippen molar-refractivity contribution in [3.05, 3.63) is 59.2 Å². The number of alkyl halides is 4. The van der Waals surface area contributed by atoms with Crippen molar-refractivity contribution < 1.29 is 41.7 Å². The third-order valence-electron chi connectivity index (χ3n) is 11.2. The van der Waals surface area contributed by atoms with Gasteiger partial charge in [0.15, 0.2) is 0 Å². The van der Waals surface area contributed by atoms with E-state index in [0.717, 1.165) is 43.4 Å². The number of methoxy groups -OCH3 is 2. The van der Waals surface area contributed by atoms with Gasteiger partial charge in [-0.25, -0.2) is 4.39 Å². The first-order valence-corrected chi connectivity index (χ1v) is 17.0. The summed E-state index contributed by atoms with van der Waals surface area (Å²) in [5.41, 5.74) is -1.24. The number of carbonyl (C=O) groups excluding carboxylic acids is 1. The molecular formula is C36H45F4N3O5. The minimum absolute atomic E-state index is 0.00659. The quantitative estimate of drug-likeness (QED) is 0.329. The molecule has 2 aromatic carbocycles. The summed E-state index contributed by atoms with van der Waals surface area (Å²) in [5, 5.41) is 9.49. The summed E-state index contributed by atoms with van der Waals surface area (Å²) in [5.74, 6) is -2.78. The van der Waals surface area contributed by atoms with E-state index in [9.17, 15) is 27.9 Å². The molecular weight excluding hydrogens is 630 g/mol. The second-order valence-corrected chi connectivity index (χ2v) is 14.0. The fourth-order valence-corrected chi connectivity index (χ4v) is 8.53. The van der Waals surface area contributed by atoms with Crippen molar-refractivity contribution in [2.24, 2.45) is 11.8 Å². The molecule has 4 fully saturated rings. The van der Waals surface area contributed by atoms with E-state index < -0.39 is 47.0 Å². The van der Waals surface area contributed by atoms with Crippen LogP contribution >= 0.6 is 0 Å². The second kappa shape index (κ2) is 13.9. The predicted octanol–water partition coefficient (Wildman–Crippen LogP) is 5.95. The zero-order valence-corrected chi connectivity index (χ0v) is 27.6. The molecule has 0 spiro atoms. The zero-order valence-electron chi connectivity index (χ0n) is 27.6. The van der Waals surface area contributed by atoms with Crippen molar-refractivity contribution in [2.45, 2.75) is 68.2 Å². The van der Waals surface area contributed by atoms with Gasteiger partial charge in [0.2, 0.25) is 5.67 Å². The molecule has 262 valence electrons. The number of rotatable bonds is 9. The SMILES string of the molecule is COCC1CN(C(=O)C2(F)CN(C3CCCC3)CC2c2ccc(OC)cc2)CC1c1ccc(C(F)(F)F)cc1N1CCC(C(=O)O)CC1. The number of anilines is 1. The van der Waals surface area contributed by atoms with Crippen LogP contribution in [0.5, 0.6) is 5.75 Å². The molecule has 2 aromatic rings. The summed E-state index contributed by atoms with van der Waals surface area (Å²) in [6.07, 6.45) is 0.173. The van der Waals surface area contributed by atoms with Crippen molar-refractivity contribution >= 4 is 17.6 Å². The highest BCUT2D eigenvalue weighted by atomic mass is 19.4. The number of carboxylic acid groups (broad SMARTS) is 1. The largest absolute Gasteiger partial charge is 0.497 e. The van der Waals surface area contributed by atoms with Crippen molar-refractivity contribution in [1.82, 2.24) is 9.80 Å². The van der Waals surface area contributed by atoms with Gasteiger partial charge < -0.3 is 24.4 Å². The summed E-state index contributed by atoms with van der Waals surface area (Å²) >= 11 is 0. The molecule has 3 saturated heterocycles. The van der Waals surface area contributed by atoms with Crippen LogP contribution in [0.15, 0.2) is 42.5 Å². The Morgan fingerprint density at radius 3 is 2.25 bits per heavy atom. The number of hydrogen-bond donors (Lipinski definition) is 1. The van der Waals surface area contributed by atoms with Gasteiger partial charge in [-0.2, -0.15) is 13.2 Å². The first kappa shape index (κ1) is 34.5. The minimum atomic E-state index is -4.57. The monoisotopic (exact) mass is 675 g/mol. The maximum Gasteiger partial charge on any atom is 0.416 e. The van der Waals surface area contributed by atoms with Gasteiger partial charge in [0.05, 0.1) is 25.2 Å². The van der Waals surface area contributed by atoms with Gasteiger partial charge in [-0.05, 0) is 61.1 Å². The average molecular weight is 676 g/mol. The third-order valence-corrected chi connectivity index (χ3v) is 11.2. The Morgan fingerprint density at radius 1 is 0.958 bits per heavy atom. The molecule has 4 atom stereocenters. The van der Waals surface area contributed by atoms with E-state index in [1.54, 1.807) is 31.3 Å². The summed E-state index contributed by atoms with van der Waals surface area (Å²) < 4.78 is 70.3. The number of nitrogens with zero attached hydrogens (tertiary/aromatic N) is 3. The van der Waals surface area contributed by atoms with Gasteiger partial charge in [-0.3, -0.25) is 14.5 Å². The molecule has 0 radical (unpaired) electrons. The predicted molar refractivity (Wildman–Crippen MR) is 172 cm³/mol. The molecule has 48 heavy (non-hydrogen) atoms. The van der Waals surface area contributed by atoms with Crippen LogP contribution in [0.25, 0.3) is 0 Å². The number of ether oxygens (including phenoxy) is 2. The number of likely N-dealkylation sites (tertiary alicyclic amines) is 2. The summed E-state index contributed by atoms with van der Waals surface area (Å²) in [4.78, 5) is 31.6. The van der Waals surface area contributed by atoms with Gasteiger partial charge in [-0.15, -0.1) is 0 Å². The van der Waals surface area contributed by atoms with E-state index in [4.69, 9.17) is 9.47 Å². The standard InChI is InChI=1S/C36H45F4N3O5/c1-47-21-25-18-42(19-30(25)29-12-9-26(36(38,39)40)17-32(29)41-15-13-24(14-16-41)33(44)45)34(46)35(37)22-43(27-5-3-4-6-27)20-31(35)23-7-10-28(48-2)11-8-23/h7-12,17,24-25,27,30-31H,3-6,13-16,18-22H2,1-2H3,(H,44,45). The lowest BCUT2D eigenvalue weighted by atomic mass is 9.85. The Labute approximate surface area is 279 Å². The van der Waals surface area contributed by atoms with Crippen molar-refractivity contribution in [3.8, 4) is 5.75 Å². The zero-order chi connectivity index (χ0) is 34.2. The lowest BCUT2D eigenvalue weighted by Gasteiger charge is -2.35. The lowest BCUT2D eigenvalue weighted by Crippen LogP contribution is -2.50. The molecule has 6 rings (SSSR count). The normalized spacial score (nSPS) is 27.6. The fraction of sp³-hybridized carbons (Fsp3) is 0.611. The molecule has 3 aliphatic heterocycles. The van der Waals surface area contributed by atoms with Crippen LogP contribution < -0.4 is 9.64 Å². The Balaban J connectivity index is 1.31. The molecule has 4 aliphatic rings. The number of carbonyl (C=O) groups is 2. The van der Waals surface area contributed by atoms with Crippen LogP contribution in [0, 0.1) is 11.8 Å². The highest BCUT2D eigenvalue weighted by Gasteiger charge is 2.57. The number of hydrogen-bond acceptors (Lipinski definition) is 6. The van der Waals surface area contributed by atoms with Crippen LogP contribution in [0.2, 0.25) is 0 Å². The average Bonchev–Trinajstić information content (AvgIpc) is 3.84. The number of piperidine rings is 1. The molecule has 0 aromatic heterocycles. The van der Waals surface area contributed by atoms with Gasteiger partial charge in [-0.1, -0.05) is 31.0 Å². The number of carboxylic acids is 1. The van der Waals surface area contributed by atoms with Crippen LogP contribution in [0.1, 0.15) is 67.1 Å². The Morgan fingerprint density at radius 2 is 1.65 bits per heavy atom. The van der Waals surface area contributed by atoms with E-state index in [-0.39, 0.29) is 38.2 Å². The van der Waals surface area contributed by atoms with Gasteiger partial charge >= 0.3 is 12.1 Å². The van der Waals surface area contributed by atoms with Crippen LogP contribution in [0.3, 0.4) is 0 Å². The Hall–Kier alpha value is -3.38. The number of amides is 1. The molecule has 1 amide bonds. The second-order valence-electron chi connectivity index (χ2n) is 14.0. The third kappa shape index (κ3) is 6.75. The number of benzene rings is 2. The maximum absolute atomic E-state index is 17.6. The molecule has 4 unspecified atom stereocenters. The molecule has 1 saturated carbocycles. The maximum atomic E-state index is 17.6. The van der Waals surface area contributed by atoms with E-state index in [2.05, 4.69) is 4.90 Å². The van der Waals surface area contributed by atoms with Crippen molar-refractivity contribution in [2.75, 3.05) is 65.0 Å². The molecule has 12 heteroatoms. The van der Waals surface area contributed by atoms with Crippen molar-refractivity contribution in [1.29, 1.82) is 0 Å². The Kier molecular flexibility index (Phi) is 9.95. The molecule has 8 nitrogen and oxygen atoms in total. The highest BCUT2D eigenvalue weighted by molar-refractivity contribution is 5.88. The van der Waals surface area contributed by atoms with Gasteiger partial charge in [0.25, 0.3) is 5.91 Å². The van der Waals surface area contributed by atoms with Crippen LogP contribution in [-0.4, -0.2) is 98.6 Å². The van der Waals surface area contributed by atoms with E-state index >= 15 is 4.39 Å². The van der Waals surface area contributed by atoms with E-state index in [1.807, 2.05) is 17.0 Å². The summed E-state index contributed by atoms with van der Waals surface area (Å²) in [6, 6.07) is 11.1. The molecule has 1 aliphatic carbocycles. The van der Waals surface area contributed by atoms with E-state index in [1.165, 1.54) is 6.07 Å². The molecule has 0 bridgehead atoms. The molecule has 3 heterocycles. The number of aliphatic carboxylic acids is 1. The van der Waals surface area contributed by atoms with Gasteiger partial charge in [0.1, 0.15) is 5.75 Å². The Bertz CT molecular complexity index is 1460. The van der Waals surface area contributed by atoms with Crippen molar-refractivity contribution in [3.63, 3.8) is 0 Å². The first-order chi connectivity index (χ1) is 22.9. The molecule has 1 N–H and O–H groups in total. The lowest BCUT2D eigenvalue weighted by molar-refractivity contribution is -0.143. The van der Waals surface area contributed by atoms with E-state index in [0.29, 0.717) is 49.5 Å². The smallest absolute Gasteiger partial charge is 0.416 e. The minimum Gasteiger partial charge on any atom is -0.497 e. The highest BCUT2D eigenvalue weighted by Crippen LogP contribution is 2.47.